The monoisotopic (exact) mass is 218 g/mol. The average molecular weight is 218 g/mol. The van der Waals surface area contributed by atoms with Crippen molar-refractivity contribution in [2.45, 2.75) is 39.3 Å². The van der Waals surface area contributed by atoms with Gasteiger partial charge in [-0.1, -0.05) is 12.1 Å². The smallest absolute Gasteiger partial charge is 0.0414 e. The van der Waals surface area contributed by atoms with E-state index < -0.39 is 0 Å². The normalized spacial score (nSPS) is 17.2. The van der Waals surface area contributed by atoms with Gasteiger partial charge in [-0.15, -0.1) is 0 Å². The number of nitrogens with zero attached hydrogens (tertiary/aromatic N) is 1. The molecule has 1 fully saturated rings. The molecule has 0 radical (unpaired) electrons. The van der Waals surface area contributed by atoms with Gasteiger partial charge in [0.15, 0.2) is 0 Å². The zero-order valence-corrected chi connectivity index (χ0v) is 10.5. The first-order valence-corrected chi connectivity index (χ1v) is 6.16. The summed E-state index contributed by atoms with van der Waals surface area (Å²) in [6, 6.07) is 7.18. The molecule has 0 heterocycles. The van der Waals surface area contributed by atoms with Crippen LogP contribution in [0.1, 0.15) is 30.9 Å². The highest BCUT2D eigenvalue weighted by molar-refractivity contribution is 5.55. The molecule has 1 aromatic rings. The van der Waals surface area contributed by atoms with Crippen LogP contribution < -0.4 is 10.6 Å². The maximum absolute atomic E-state index is 5.80. The van der Waals surface area contributed by atoms with E-state index in [1.54, 1.807) is 0 Å². The predicted octanol–water partition coefficient (Wildman–Crippen LogP) is 2.69. The molecule has 2 nitrogen and oxygen atoms in total. The fourth-order valence-electron chi connectivity index (χ4n) is 2.29. The molecule has 0 bridgehead atoms. The van der Waals surface area contributed by atoms with Crippen molar-refractivity contribution in [1.29, 1.82) is 0 Å². The molecule has 16 heavy (non-hydrogen) atoms. The molecule has 0 spiro atoms. The molecule has 0 aromatic heterocycles. The lowest BCUT2D eigenvalue weighted by atomic mass is 10.1. The van der Waals surface area contributed by atoms with Crippen molar-refractivity contribution in [2.75, 3.05) is 11.9 Å². The van der Waals surface area contributed by atoms with E-state index in [1.165, 1.54) is 29.7 Å². The number of anilines is 1. The van der Waals surface area contributed by atoms with E-state index in [4.69, 9.17) is 5.73 Å². The Labute approximate surface area is 98.4 Å². The quantitative estimate of drug-likeness (QED) is 0.842. The Bertz CT molecular complexity index is 369. The van der Waals surface area contributed by atoms with Crippen molar-refractivity contribution in [3.05, 3.63) is 29.3 Å². The molecule has 1 aliphatic carbocycles. The number of nitrogens with two attached hydrogens (primary N) is 1. The highest BCUT2D eigenvalue weighted by atomic mass is 15.1. The number of hydrogen-bond acceptors (Lipinski definition) is 2. The fourth-order valence-corrected chi connectivity index (χ4v) is 2.29. The Morgan fingerprint density at radius 2 is 2.12 bits per heavy atom. The van der Waals surface area contributed by atoms with E-state index in [0.29, 0.717) is 12.6 Å². The molecular weight excluding hydrogens is 196 g/mol. The minimum atomic E-state index is 0.622. The zero-order chi connectivity index (χ0) is 11.7. The SMILES string of the molecule is Cc1ccc(CN)c(N(C)C(C)C2CC2)c1. The van der Waals surface area contributed by atoms with Gasteiger partial charge >= 0.3 is 0 Å². The van der Waals surface area contributed by atoms with Crippen molar-refractivity contribution in [3.63, 3.8) is 0 Å². The highest BCUT2D eigenvalue weighted by Gasteiger charge is 2.31. The first-order valence-electron chi connectivity index (χ1n) is 6.16. The van der Waals surface area contributed by atoms with Gasteiger partial charge in [0.2, 0.25) is 0 Å². The van der Waals surface area contributed by atoms with Gasteiger partial charge < -0.3 is 10.6 Å². The first kappa shape index (κ1) is 11.5. The van der Waals surface area contributed by atoms with Gasteiger partial charge in [-0.3, -0.25) is 0 Å². The van der Waals surface area contributed by atoms with Gasteiger partial charge in [-0.2, -0.15) is 0 Å². The average Bonchev–Trinajstić information content (AvgIpc) is 3.11. The second kappa shape index (κ2) is 4.46. The van der Waals surface area contributed by atoms with Gasteiger partial charge in [0.05, 0.1) is 0 Å². The maximum Gasteiger partial charge on any atom is 0.0414 e. The van der Waals surface area contributed by atoms with Crippen LogP contribution in [0.2, 0.25) is 0 Å². The molecule has 88 valence electrons. The van der Waals surface area contributed by atoms with Crippen LogP contribution in [0.5, 0.6) is 0 Å². The number of hydrogen-bond donors (Lipinski definition) is 1. The minimum absolute atomic E-state index is 0.622. The van der Waals surface area contributed by atoms with Crippen molar-refractivity contribution < 1.29 is 0 Å². The van der Waals surface area contributed by atoms with Gasteiger partial charge in [-0.25, -0.2) is 0 Å². The van der Waals surface area contributed by atoms with Crippen LogP contribution in [-0.2, 0) is 6.54 Å². The number of aryl methyl sites for hydroxylation is 1. The zero-order valence-electron chi connectivity index (χ0n) is 10.5. The highest BCUT2D eigenvalue weighted by Crippen LogP contribution is 2.37. The van der Waals surface area contributed by atoms with Gasteiger partial charge in [0.1, 0.15) is 0 Å². The molecule has 2 N–H and O–H groups in total. The van der Waals surface area contributed by atoms with Gasteiger partial charge in [0.25, 0.3) is 0 Å². The minimum Gasteiger partial charge on any atom is -0.371 e. The maximum atomic E-state index is 5.80. The lowest BCUT2D eigenvalue weighted by Crippen LogP contribution is -2.31. The molecule has 0 saturated heterocycles. The summed E-state index contributed by atoms with van der Waals surface area (Å²) < 4.78 is 0. The topological polar surface area (TPSA) is 29.3 Å². The summed E-state index contributed by atoms with van der Waals surface area (Å²) in [4.78, 5) is 2.40. The molecule has 2 rings (SSSR count). The van der Waals surface area contributed by atoms with Crippen LogP contribution >= 0.6 is 0 Å². The largest absolute Gasteiger partial charge is 0.371 e. The molecule has 0 amide bonds. The Hall–Kier alpha value is -1.02. The molecule has 1 aromatic carbocycles. The van der Waals surface area contributed by atoms with Crippen LogP contribution in [0, 0.1) is 12.8 Å². The lowest BCUT2D eigenvalue weighted by Gasteiger charge is -2.29. The van der Waals surface area contributed by atoms with E-state index in [0.717, 1.165) is 5.92 Å². The Morgan fingerprint density at radius 3 is 2.69 bits per heavy atom. The van der Waals surface area contributed by atoms with Crippen molar-refractivity contribution in [1.82, 2.24) is 0 Å². The third-order valence-corrected chi connectivity index (χ3v) is 3.76. The van der Waals surface area contributed by atoms with Crippen LogP contribution in [0.25, 0.3) is 0 Å². The molecule has 0 aliphatic heterocycles. The third-order valence-electron chi connectivity index (χ3n) is 3.76. The van der Waals surface area contributed by atoms with E-state index in [2.05, 4.69) is 44.0 Å². The van der Waals surface area contributed by atoms with Crippen LogP contribution in [0.3, 0.4) is 0 Å². The van der Waals surface area contributed by atoms with E-state index in [9.17, 15) is 0 Å². The van der Waals surface area contributed by atoms with Crippen LogP contribution in [-0.4, -0.2) is 13.1 Å². The third kappa shape index (κ3) is 2.22. The Morgan fingerprint density at radius 1 is 1.44 bits per heavy atom. The number of rotatable bonds is 4. The summed E-state index contributed by atoms with van der Waals surface area (Å²) in [5, 5.41) is 0. The second-order valence-electron chi connectivity index (χ2n) is 5.03. The van der Waals surface area contributed by atoms with Crippen LogP contribution in [0.15, 0.2) is 18.2 Å². The molecule has 1 unspecified atom stereocenters. The van der Waals surface area contributed by atoms with E-state index in [1.807, 2.05) is 0 Å². The predicted molar refractivity (Wildman–Crippen MR) is 69.7 cm³/mol. The molecular formula is C14H22N2. The second-order valence-corrected chi connectivity index (χ2v) is 5.03. The van der Waals surface area contributed by atoms with Crippen molar-refractivity contribution in [3.8, 4) is 0 Å². The summed E-state index contributed by atoms with van der Waals surface area (Å²) in [6.45, 7) is 5.08. The Balaban J connectivity index is 2.26. The summed E-state index contributed by atoms with van der Waals surface area (Å²) in [5.74, 6) is 0.885. The van der Waals surface area contributed by atoms with Crippen molar-refractivity contribution in [2.24, 2.45) is 11.7 Å². The fraction of sp³-hybridized carbons (Fsp3) is 0.571. The van der Waals surface area contributed by atoms with E-state index in [-0.39, 0.29) is 0 Å². The standard InChI is InChI=1S/C14H22N2/c1-10-4-5-13(9-15)14(8-10)16(3)11(2)12-6-7-12/h4-5,8,11-12H,6-7,9,15H2,1-3H3. The summed E-state index contributed by atoms with van der Waals surface area (Å²) >= 11 is 0. The van der Waals surface area contributed by atoms with Gasteiger partial charge in [-0.05, 0) is 49.8 Å². The molecule has 1 atom stereocenters. The van der Waals surface area contributed by atoms with E-state index >= 15 is 0 Å². The Kier molecular flexibility index (Phi) is 3.20. The molecule has 1 saturated carbocycles. The first-order chi connectivity index (χ1) is 7.63. The number of benzene rings is 1. The van der Waals surface area contributed by atoms with Crippen molar-refractivity contribution >= 4 is 5.69 Å². The summed E-state index contributed by atoms with van der Waals surface area (Å²) in [6.07, 6.45) is 2.77. The summed E-state index contributed by atoms with van der Waals surface area (Å²) in [7, 11) is 2.19. The summed E-state index contributed by atoms with van der Waals surface area (Å²) in [5.41, 5.74) is 9.67. The van der Waals surface area contributed by atoms with Crippen LogP contribution in [0.4, 0.5) is 5.69 Å². The molecule has 1 aliphatic rings. The van der Waals surface area contributed by atoms with Gasteiger partial charge in [0, 0.05) is 25.3 Å². The molecule has 2 heteroatoms. The lowest BCUT2D eigenvalue weighted by molar-refractivity contribution is 0.607.